The van der Waals surface area contributed by atoms with Crippen LogP contribution in [0.1, 0.15) is 90.9 Å². The zero-order valence-electron chi connectivity index (χ0n) is 14.6. The molecule has 1 saturated heterocycles. The highest BCUT2D eigenvalue weighted by Crippen LogP contribution is 2.33. The number of nitrogens with one attached hydrogen (secondary N) is 1. The van der Waals surface area contributed by atoms with Gasteiger partial charge in [0.25, 0.3) is 0 Å². The van der Waals surface area contributed by atoms with Gasteiger partial charge in [0.05, 0.1) is 0 Å². The van der Waals surface area contributed by atoms with Crippen molar-refractivity contribution in [3.8, 4) is 0 Å². The fourth-order valence-electron chi connectivity index (χ4n) is 4.23. The van der Waals surface area contributed by atoms with E-state index in [1.165, 1.54) is 96.7 Å². The van der Waals surface area contributed by atoms with Crippen LogP contribution in [0.4, 0.5) is 0 Å². The predicted molar refractivity (Wildman–Crippen MR) is 92.8 cm³/mol. The summed E-state index contributed by atoms with van der Waals surface area (Å²) in [7, 11) is 0. The van der Waals surface area contributed by atoms with Crippen molar-refractivity contribution in [1.82, 2.24) is 10.2 Å². The van der Waals surface area contributed by atoms with Crippen LogP contribution in [-0.4, -0.2) is 36.1 Å². The maximum absolute atomic E-state index is 3.86. The van der Waals surface area contributed by atoms with Gasteiger partial charge in [-0.3, -0.25) is 4.90 Å². The minimum Gasteiger partial charge on any atom is -0.308 e. The van der Waals surface area contributed by atoms with Gasteiger partial charge >= 0.3 is 0 Å². The van der Waals surface area contributed by atoms with Gasteiger partial charge in [-0.05, 0) is 32.7 Å². The fourth-order valence-corrected chi connectivity index (χ4v) is 4.23. The van der Waals surface area contributed by atoms with E-state index >= 15 is 0 Å². The second-order valence-electron chi connectivity index (χ2n) is 7.66. The van der Waals surface area contributed by atoms with Crippen molar-refractivity contribution in [3.63, 3.8) is 0 Å². The molecule has 2 aliphatic rings. The van der Waals surface area contributed by atoms with Crippen LogP contribution in [0.15, 0.2) is 0 Å². The van der Waals surface area contributed by atoms with E-state index in [1.807, 2.05) is 0 Å². The summed E-state index contributed by atoms with van der Waals surface area (Å²) in [4.78, 5) is 2.78. The van der Waals surface area contributed by atoms with E-state index in [1.54, 1.807) is 0 Å². The summed E-state index contributed by atoms with van der Waals surface area (Å²) in [5, 5.41) is 3.86. The molecule has 2 heteroatoms. The normalized spacial score (nSPS) is 25.7. The standard InChI is InChI=1S/C19H38N2/c1-3-4-5-6-7-8-9-12-15-21-17-19(13-10-11-14-19)20-16-18(21)2/h18,20H,3-17H2,1-2H3. The Morgan fingerprint density at radius 1 is 0.952 bits per heavy atom. The summed E-state index contributed by atoms with van der Waals surface area (Å²) in [6.45, 7) is 8.55. The molecule has 0 aromatic rings. The quantitative estimate of drug-likeness (QED) is 0.618. The van der Waals surface area contributed by atoms with Crippen molar-refractivity contribution in [2.24, 2.45) is 0 Å². The Morgan fingerprint density at radius 2 is 1.57 bits per heavy atom. The number of nitrogens with zero attached hydrogens (tertiary/aromatic N) is 1. The summed E-state index contributed by atoms with van der Waals surface area (Å²) < 4.78 is 0. The van der Waals surface area contributed by atoms with E-state index in [9.17, 15) is 0 Å². The van der Waals surface area contributed by atoms with Gasteiger partial charge in [0.1, 0.15) is 0 Å². The summed E-state index contributed by atoms with van der Waals surface area (Å²) in [6.07, 6.45) is 17.2. The highest BCUT2D eigenvalue weighted by molar-refractivity contribution is 5.00. The van der Waals surface area contributed by atoms with Crippen LogP contribution < -0.4 is 5.32 Å². The van der Waals surface area contributed by atoms with Gasteiger partial charge in [-0.1, -0.05) is 64.7 Å². The molecule has 2 fully saturated rings. The van der Waals surface area contributed by atoms with Crippen LogP contribution in [-0.2, 0) is 0 Å². The van der Waals surface area contributed by atoms with Gasteiger partial charge < -0.3 is 5.32 Å². The Balaban J connectivity index is 1.56. The number of hydrogen-bond donors (Lipinski definition) is 1. The van der Waals surface area contributed by atoms with E-state index in [0.717, 1.165) is 6.04 Å². The molecule has 1 atom stereocenters. The molecule has 2 nitrogen and oxygen atoms in total. The van der Waals surface area contributed by atoms with E-state index in [2.05, 4.69) is 24.1 Å². The van der Waals surface area contributed by atoms with Crippen LogP contribution in [0.5, 0.6) is 0 Å². The lowest BCUT2D eigenvalue weighted by Gasteiger charge is -2.45. The molecule has 1 N–H and O–H groups in total. The molecule has 1 aliphatic carbocycles. The van der Waals surface area contributed by atoms with E-state index in [0.29, 0.717) is 5.54 Å². The first kappa shape index (κ1) is 17.3. The molecule has 0 bridgehead atoms. The first-order chi connectivity index (χ1) is 10.3. The Hall–Kier alpha value is -0.0800. The molecule has 0 radical (unpaired) electrons. The molecular formula is C19H38N2. The molecule has 2 rings (SSSR count). The van der Waals surface area contributed by atoms with E-state index < -0.39 is 0 Å². The van der Waals surface area contributed by atoms with Crippen LogP contribution in [0.3, 0.4) is 0 Å². The fraction of sp³-hybridized carbons (Fsp3) is 1.00. The molecule has 1 spiro atoms. The maximum atomic E-state index is 3.86. The topological polar surface area (TPSA) is 15.3 Å². The van der Waals surface area contributed by atoms with Gasteiger partial charge in [0.2, 0.25) is 0 Å². The smallest absolute Gasteiger partial charge is 0.0309 e. The average Bonchev–Trinajstić information content (AvgIpc) is 2.94. The Morgan fingerprint density at radius 3 is 2.24 bits per heavy atom. The molecular weight excluding hydrogens is 256 g/mol. The van der Waals surface area contributed by atoms with Gasteiger partial charge in [0.15, 0.2) is 0 Å². The third kappa shape index (κ3) is 5.56. The second-order valence-corrected chi connectivity index (χ2v) is 7.66. The van der Waals surface area contributed by atoms with Gasteiger partial charge in [-0.2, -0.15) is 0 Å². The summed E-state index contributed by atoms with van der Waals surface area (Å²) in [5.74, 6) is 0. The van der Waals surface area contributed by atoms with E-state index in [-0.39, 0.29) is 0 Å². The summed E-state index contributed by atoms with van der Waals surface area (Å²) in [5.41, 5.74) is 0.493. The largest absolute Gasteiger partial charge is 0.308 e. The zero-order chi connectivity index (χ0) is 15.0. The lowest BCUT2D eigenvalue weighted by Crippen LogP contribution is -2.62. The molecule has 0 aromatic heterocycles. The Bertz CT molecular complexity index is 271. The van der Waals surface area contributed by atoms with Crippen LogP contribution in [0.25, 0.3) is 0 Å². The first-order valence-corrected chi connectivity index (χ1v) is 9.75. The molecule has 1 unspecified atom stereocenters. The molecule has 124 valence electrons. The van der Waals surface area contributed by atoms with E-state index in [4.69, 9.17) is 0 Å². The minimum absolute atomic E-state index is 0.493. The number of rotatable bonds is 9. The third-order valence-electron chi connectivity index (χ3n) is 5.76. The maximum Gasteiger partial charge on any atom is 0.0309 e. The number of hydrogen-bond acceptors (Lipinski definition) is 2. The lowest BCUT2D eigenvalue weighted by atomic mass is 9.92. The Labute approximate surface area is 133 Å². The van der Waals surface area contributed by atoms with Crippen LogP contribution in [0, 0.1) is 0 Å². The van der Waals surface area contributed by atoms with Gasteiger partial charge in [0, 0.05) is 24.7 Å². The molecule has 1 heterocycles. The third-order valence-corrected chi connectivity index (χ3v) is 5.76. The highest BCUT2D eigenvalue weighted by atomic mass is 15.2. The molecule has 1 aliphatic heterocycles. The van der Waals surface area contributed by atoms with Crippen LogP contribution in [0.2, 0.25) is 0 Å². The highest BCUT2D eigenvalue weighted by Gasteiger charge is 2.39. The Kier molecular flexibility index (Phi) is 7.53. The van der Waals surface area contributed by atoms with Crippen molar-refractivity contribution >= 4 is 0 Å². The summed E-state index contributed by atoms with van der Waals surface area (Å²) >= 11 is 0. The molecule has 21 heavy (non-hydrogen) atoms. The summed E-state index contributed by atoms with van der Waals surface area (Å²) in [6, 6.07) is 0.737. The second kappa shape index (κ2) is 9.15. The minimum atomic E-state index is 0.493. The van der Waals surface area contributed by atoms with Crippen LogP contribution >= 0.6 is 0 Å². The SMILES string of the molecule is CCCCCCCCCCN1CC2(CCCC2)NCC1C. The molecule has 0 amide bonds. The van der Waals surface area contributed by atoms with Gasteiger partial charge in [-0.25, -0.2) is 0 Å². The van der Waals surface area contributed by atoms with Crippen molar-refractivity contribution in [2.75, 3.05) is 19.6 Å². The number of unbranched alkanes of at least 4 members (excludes halogenated alkanes) is 7. The lowest BCUT2D eigenvalue weighted by molar-refractivity contribution is 0.0874. The average molecular weight is 295 g/mol. The predicted octanol–water partition coefficient (Wildman–Crippen LogP) is 4.73. The molecule has 1 saturated carbocycles. The van der Waals surface area contributed by atoms with Crippen molar-refractivity contribution in [1.29, 1.82) is 0 Å². The first-order valence-electron chi connectivity index (χ1n) is 9.75. The zero-order valence-corrected chi connectivity index (χ0v) is 14.6. The molecule has 0 aromatic carbocycles. The van der Waals surface area contributed by atoms with Crippen molar-refractivity contribution in [2.45, 2.75) is 102 Å². The van der Waals surface area contributed by atoms with Gasteiger partial charge in [-0.15, -0.1) is 0 Å². The van der Waals surface area contributed by atoms with Crippen molar-refractivity contribution in [3.05, 3.63) is 0 Å². The number of piperazine rings is 1. The monoisotopic (exact) mass is 294 g/mol. The van der Waals surface area contributed by atoms with Crippen molar-refractivity contribution < 1.29 is 0 Å².